The molecule has 0 fully saturated rings. The molecule has 3 aromatic carbocycles. The van der Waals surface area contributed by atoms with Crippen molar-refractivity contribution in [2.45, 2.75) is 13.8 Å². The Morgan fingerprint density at radius 3 is 2.47 bits per heavy atom. The van der Waals surface area contributed by atoms with E-state index >= 15 is 0 Å². The molecule has 0 aliphatic heterocycles. The van der Waals surface area contributed by atoms with Gasteiger partial charge in [-0.2, -0.15) is 14.6 Å². The van der Waals surface area contributed by atoms with Crippen LogP contribution in [0.1, 0.15) is 16.7 Å². The maximum absolute atomic E-state index is 13.3. The summed E-state index contributed by atoms with van der Waals surface area (Å²) in [5.41, 5.74) is 6.52. The average molecular weight is 510 g/mol. The minimum absolute atomic E-state index is 0.206. The van der Waals surface area contributed by atoms with Crippen molar-refractivity contribution in [3.8, 4) is 28.3 Å². The van der Waals surface area contributed by atoms with Gasteiger partial charge in [-0.15, -0.1) is 5.10 Å². The molecule has 0 spiro atoms. The van der Waals surface area contributed by atoms with E-state index in [0.29, 0.717) is 20.3 Å². The first-order chi connectivity index (χ1) is 17.5. The predicted molar refractivity (Wildman–Crippen MR) is 145 cm³/mol. The van der Waals surface area contributed by atoms with Crippen LogP contribution in [0.5, 0.6) is 0 Å². The molecule has 3 aromatic heterocycles. The molecular weight excluding hydrogens is 490 g/mol. The highest BCUT2D eigenvalue weighted by atomic mass is 35.5. The van der Waals surface area contributed by atoms with Gasteiger partial charge in [-0.3, -0.25) is 4.79 Å². The van der Waals surface area contributed by atoms with Crippen LogP contribution in [0, 0.1) is 13.8 Å². The highest BCUT2D eigenvalue weighted by Crippen LogP contribution is 2.28. The molecular formula is C28H20ClN5OS. The summed E-state index contributed by atoms with van der Waals surface area (Å²) in [4.78, 5) is 18.4. The lowest BCUT2D eigenvalue weighted by Gasteiger charge is -2.05. The van der Waals surface area contributed by atoms with Gasteiger partial charge < -0.3 is 0 Å². The van der Waals surface area contributed by atoms with Gasteiger partial charge in [-0.25, -0.2) is 4.68 Å². The van der Waals surface area contributed by atoms with Gasteiger partial charge in [0.05, 0.1) is 10.2 Å². The van der Waals surface area contributed by atoms with Crippen molar-refractivity contribution in [1.29, 1.82) is 0 Å². The van der Waals surface area contributed by atoms with E-state index in [9.17, 15) is 4.79 Å². The second-order valence-electron chi connectivity index (χ2n) is 8.58. The Hall–Kier alpha value is -4.07. The SMILES string of the molecule is Cc1ccc(C)c(-c2nn(-c3ccccc3)cc2C=c2sc3nc(-c4ccc(Cl)cc4)nn3c2=O)c1. The smallest absolute Gasteiger partial charge is 0.266 e. The van der Waals surface area contributed by atoms with Gasteiger partial charge in [0.15, 0.2) is 5.82 Å². The van der Waals surface area contributed by atoms with E-state index < -0.39 is 0 Å². The lowest BCUT2D eigenvalue weighted by molar-refractivity contribution is 0.884. The third kappa shape index (κ3) is 4.02. The number of halogens is 1. The number of thiazole rings is 1. The molecule has 0 aliphatic carbocycles. The van der Waals surface area contributed by atoms with Crippen molar-refractivity contribution < 1.29 is 0 Å². The van der Waals surface area contributed by atoms with E-state index in [1.807, 2.05) is 59.4 Å². The van der Waals surface area contributed by atoms with E-state index in [0.717, 1.165) is 39.2 Å². The Bertz CT molecular complexity index is 1840. The largest absolute Gasteiger partial charge is 0.291 e. The number of aromatic nitrogens is 5. The fraction of sp³-hybridized carbons (Fsp3) is 0.0714. The second-order valence-corrected chi connectivity index (χ2v) is 10.0. The topological polar surface area (TPSA) is 65.1 Å². The molecule has 3 heterocycles. The maximum Gasteiger partial charge on any atom is 0.291 e. The van der Waals surface area contributed by atoms with Crippen LogP contribution in [0.15, 0.2) is 83.8 Å². The Balaban J connectivity index is 1.51. The summed E-state index contributed by atoms with van der Waals surface area (Å²) in [5.74, 6) is 0.495. The fourth-order valence-corrected chi connectivity index (χ4v) is 5.13. The van der Waals surface area contributed by atoms with Crippen molar-refractivity contribution >= 4 is 34.0 Å². The molecule has 36 heavy (non-hydrogen) atoms. The summed E-state index contributed by atoms with van der Waals surface area (Å²) < 4.78 is 3.76. The number of fused-ring (bicyclic) bond motifs is 1. The standard InChI is InChI=1S/C28H20ClN5OS/c1-17-8-9-18(2)23(14-17)25-20(16-33(31-25)22-6-4-3-5-7-22)15-24-27(35)34-28(36-24)30-26(32-34)19-10-12-21(29)13-11-19/h3-16H,1-2H3. The zero-order valence-electron chi connectivity index (χ0n) is 19.5. The molecule has 0 saturated heterocycles. The van der Waals surface area contributed by atoms with Gasteiger partial charge >= 0.3 is 0 Å². The lowest BCUT2D eigenvalue weighted by Crippen LogP contribution is -2.23. The molecule has 0 atom stereocenters. The number of para-hydroxylation sites is 1. The molecule has 6 nitrogen and oxygen atoms in total. The van der Waals surface area contributed by atoms with Crippen LogP contribution in [-0.4, -0.2) is 24.4 Å². The summed E-state index contributed by atoms with van der Waals surface area (Å²) in [6.07, 6.45) is 3.84. The van der Waals surface area contributed by atoms with Crippen LogP contribution in [-0.2, 0) is 0 Å². The fourth-order valence-electron chi connectivity index (χ4n) is 4.10. The van der Waals surface area contributed by atoms with Crippen molar-refractivity contribution in [3.63, 3.8) is 0 Å². The summed E-state index contributed by atoms with van der Waals surface area (Å²) in [7, 11) is 0. The van der Waals surface area contributed by atoms with E-state index in [-0.39, 0.29) is 5.56 Å². The van der Waals surface area contributed by atoms with Gasteiger partial charge in [0, 0.05) is 27.9 Å². The number of aryl methyl sites for hydroxylation is 2. The number of rotatable bonds is 4. The third-order valence-corrected chi connectivity index (χ3v) is 7.19. The molecule has 0 amide bonds. The summed E-state index contributed by atoms with van der Waals surface area (Å²) >= 11 is 7.30. The van der Waals surface area contributed by atoms with Crippen molar-refractivity contribution in [3.05, 3.63) is 116 Å². The van der Waals surface area contributed by atoms with Gasteiger partial charge in [0.2, 0.25) is 4.96 Å². The van der Waals surface area contributed by atoms with E-state index in [4.69, 9.17) is 16.7 Å². The van der Waals surface area contributed by atoms with E-state index in [1.54, 1.807) is 12.1 Å². The Labute approximate surface area is 215 Å². The van der Waals surface area contributed by atoms with Gasteiger partial charge in [-0.1, -0.05) is 58.8 Å². The molecule has 0 radical (unpaired) electrons. The van der Waals surface area contributed by atoms with Gasteiger partial charge in [0.25, 0.3) is 5.56 Å². The van der Waals surface area contributed by atoms with E-state index in [1.165, 1.54) is 15.9 Å². The zero-order valence-corrected chi connectivity index (χ0v) is 21.1. The number of nitrogens with zero attached hydrogens (tertiary/aromatic N) is 5. The summed E-state index contributed by atoms with van der Waals surface area (Å²) in [5, 5.41) is 10.0. The highest BCUT2D eigenvalue weighted by Gasteiger charge is 2.16. The minimum atomic E-state index is -0.206. The molecule has 0 bridgehead atoms. The third-order valence-electron chi connectivity index (χ3n) is 5.98. The first kappa shape index (κ1) is 22.4. The molecule has 0 saturated carbocycles. The first-order valence-electron chi connectivity index (χ1n) is 11.4. The normalized spacial score (nSPS) is 12.0. The molecule has 0 unspecified atom stereocenters. The molecule has 0 aliphatic rings. The quantitative estimate of drug-likeness (QED) is 0.315. The number of hydrogen-bond donors (Lipinski definition) is 0. The Morgan fingerprint density at radius 2 is 1.72 bits per heavy atom. The average Bonchev–Trinajstić information content (AvgIpc) is 3.57. The van der Waals surface area contributed by atoms with Crippen LogP contribution in [0.2, 0.25) is 5.02 Å². The monoisotopic (exact) mass is 509 g/mol. The predicted octanol–water partition coefficient (Wildman–Crippen LogP) is 5.49. The van der Waals surface area contributed by atoms with E-state index in [2.05, 4.69) is 42.1 Å². The van der Waals surface area contributed by atoms with Crippen LogP contribution < -0.4 is 10.1 Å². The first-order valence-corrected chi connectivity index (χ1v) is 12.6. The Morgan fingerprint density at radius 1 is 0.944 bits per heavy atom. The van der Waals surface area contributed by atoms with Crippen LogP contribution in [0.3, 0.4) is 0 Å². The number of hydrogen-bond acceptors (Lipinski definition) is 5. The molecule has 6 rings (SSSR count). The maximum atomic E-state index is 13.3. The lowest BCUT2D eigenvalue weighted by atomic mass is 10.0. The molecule has 176 valence electrons. The minimum Gasteiger partial charge on any atom is -0.266 e. The zero-order chi connectivity index (χ0) is 24.8. The van der Waals surface area contributed by atoms with Crippen LogP contribution in [0.4, 0.5) is 0 Å². The van der Waals surface area contributed by atoms with Crippen LogP contribution in [0.25, 0.3) is 39.4 Å². The van der Waals surface area contributed by atoms with Gasteiger partial charge in [-0.05, 0) is 68.0 Å². The Kier molecular flexibility index (Phi) is 5.51. The summed E-state index contributed by atoms with van der Waals surface area (Å²) in [6, 6.07) is 23.5. The molecule has 0 N–H and O–H groups in total. The highest BCUT2D eigenvalue weighted by molar-refractivity contribution is 7.15. The van der Waals surface area contributed by atoms with Crippen LogP contribution >= 0.6 is 22.9 Å². The van der Waals surface area contributed by atoms with Crippen molar-refractivity contribution in [1.82, 2.24) is 24.4 Å². The van der Waals surface area contributed by atoms with Crippen molar-refractivity contribution in [2.75, 3.05) is 0 Å². The molecule has 6 aromatic rings. The second kappa shape index (κ2) is 8.86. The summed E-state index contributed by atoms with van der Waals surface area (Å²) in [6.45, 7) is 4.13. The van der Waals surface area contributed by atoms with Crippen molar-refractivity contribution in [2.24, 2.45) is 0 Å². The number of benzene rings is 3. The van der Waals surface area contributed by atoms with Gasteiger partial charge in [0.1, 0.15) is 5.69 Å². The molecule has 8 heteroatoms.